The van der Waals surface area contributed by atoms with Gasteiger partial charge < -0.3 is 15.0 Å². The van der Waals surface area contributed by atoms with Crippen molar-refractivity contribution in [2.75, 3.05) is 24.5 Å². The molecule has 9 heteroatoms. The van der Waals surface area contributed by atoms with Gasteiger partial charge in [-0.25, -0.2) is 8.42 Å². The zero-order valence-electron chi connectivity index (χ0n) is 27.0. The van der Waals surface area contributed by atoms with Crippen molar-refractivity contribution in [3.8, 4) is 5.75 Å². The van der Waals surface area contributed by atoms with E-state index in [9.17, 15) is 18.0 Å². The van der Waals surface area contributed by atoms with Crippen LogP contribution in [-0.4, -0.2) is 51.4 Å². The van der Waals surface area contributed by atoms with Gasteiger partial charge in [0.25, 0.3) is 10.0 Å². The fourth-order valence-corrected chi connectivity index (χ4v) is 6.57. The van der Waals surface area contributed by atoms with Crippen LogP contribution in [0.3, 0.4) is 0 Å². The number of ether oxygens (including phenoxy) is 1. The van der Waals surface area contributed by atoms with Crippen LogP contribution in [-0.2, 0) is 32.6 Å². The average molecular weight is 642 g/mol. The lowest BCUT2D eigenvalue weighted by molar-refractivity contribution is -0.140. The van der Waals surface area contributed by atoms with Gasteiger partial charge in [0.15, 0.2) is 0 Å². The molecular formula is C37H43N3O5S. The first-order chi connectivity index (χ1) is 22.1. The molecule has 4 aromatic carbocycles. The Labute approximate surface area is 273 Å². The van der Waals surface area contributed by atoms with E-state index in [1.165, 1.54) is 24.1 Å². The number of rotatable bonds is 15. The van der Waals surface area contributed by atoms with Crippen LogP contribution < -0.4 is 14.4 Å². The van der Waals surface area contributed by atoms with Gasteiger partial charge in [0.1, 0.15) is 18.3 Å². The lowest BCUT2D eigenvalue weighted by Gasteiger charge is -2.34. The van der Waals surface area contributed by atoms with E-state index in [1.54, 1.807) is 36.4 Å². The number of hydrogen-bond donors (Lipinski definition) is 1. The molecule has 242 valence electrons. The van der Waals surface area contributed by atoms with Gasteiger partial charge in [-0.3, -0.25) is 13.9 Å². The van der Waals surface area contributed by atoms with E-state index < -0.39 is 28.5 Å². The number of nitrogens with zero attached hydrogens (tertiary/aromatic N) is 2. The van der Waals surface area contributed by atoms with Gasteiger partial charge in [-0.2, -0.15) is 0 Å². The van der Waals surface area contributed by atoms with Crippen molar-refractivity contribution in [2.45, 2.75) is 57.5 Å². The number of aryl methyl sites for hydroxylation is 2. The number of carbonyl (C=O) groups excluding carboxylic acids is 2. The smallest absolute Gasteiger partial charge is 0.264 e. The predicted molar refractivity (Wildman–Crippen MR) is 182 cm³/mol. The largest absolute Gasteiger partial charge is 0.497 e. The Balaban J connectivity index is 1.81. The molecule has 0 aromatic heterocycles. The second kappa shape index (κ2) is 16.1. The average Bonchev–Trinajstić information content (AvgIpc) is 3.06. The normalized spacial score (nSPS) is 11.8. The number of anilines is 1. The molecule has 0 aliphatic heterocycles. The third-order valence-electron chi connectivity index (χ3n) is 7.93. The quantitative estimate of drug-likeness (QED) is 0.159. The van der Waals surface area contributed by atoms with Crippen LogP contribution in [0.15, 0.2) is 108 Å². The summed E-state index contributed by atoms with van der Waals surface area (Å²) in [6, 6.07) is 29.5. The summed E-state index contributed by atoms with van der Waals surface area (Å²) in [7, 11) is -2.70. The highest BCUT2D eigenvalue weighted by atomic mass is 32.2. The Bertz CT molecular complexity index is 1710. The molecule has 4 rings (SSSR count). The molecule has 1 N–H and O–H groups in total. The molecule has 0 bridgehead atoms. The minimum absolute atomic E-state index is 0.0531. The molecule has 0 spiro atoms. The van der Waals surface area contributed by atoms with Crippen LogP contribution in [0.5, 0.6) is 5.75 Å². The molecule has 46 heavy (non-hydrogen) atoms. The number of sulfonamides is 1. The molecule has 2 amide bonds. The summed E-state index contributed by atoms with van der Waals surface area (Å²) in [4.78, 5) is 30.1. The Morgan fingerprint density at radius 3 is 2.24 bits per heavy atom. The molecule has 0 aliphatic rings. The Hall–Kier alpha value is -4.63. The molecule has 0 saturated carbocycles. The van der Waals surface area contributed by atoms with E-state index in [0.29, 0.717) is 12.3 Å². The summed E-state index contributed by atoms with van der Waals surface area (Å²) in [5.41, 5.74) is 3.89. The summed E-state index contributed by atoms with van der Waals surface area (Å²) in [5.74, 6) is -0.343. The maximum atomic E-state index is 14.6. The van der Waals surface area contributed by atoms with E-state index in [2.05, 4.69) is 5.32 Å². The molecule has 8 nitrogen and oxygen atoms in total. The van der Waals surface area contributed by atoms with Gasteiger partial charge >= 0.3 is 0 Å². The van der Waals surface area contributed by atoms with Crippen molar-refractivity contribution in [1.29, 1.82) is 0 Å². The Morgan fingerprint density at radius 2 is 1.57 bits per heavy atom. The number of amides is 2. The second-order valence-corrected chi connectivity index (χ2v) is 13.2. The number of carbonyl (C=O) groups is 2. The third-order valence-corrected chi connectivity index (χ3v) is 9.72. The fourth-order valence-electron chi connectivity index (χ4n) is 5.16. The van der Waals surface area contributed by atoms with Crippen LogP contribution in [0, 0.1) is 13.8 Å². The van der Waals surface area contributed by atoms with Gasteiger partial charge in [-0.05, 0) is 61.2 Å². The lowest BCUT2D eigenvalue weighted by atomic mass is 10.0. The summed E-state index contributed by atoms with van der Waals surface area (Å²) < 4.78 is 34.9. The lowest BCUT2D eigenvalue weighted by Crippen LogP contribution is -2.53. The summed E-state index contributed by atoms with van der Waals surface area (Å²) >= 11 is 0. The number of methoxy groups -OCH3 is 1. The standard InChI is InChI=1S/C37H43N3O5S/c1-5-6-23-38-37(42)35(24-30-14-8-7-9-15-30)39(26-31-16-11-10-13-29(31)3)36(41)27-40(32-17-12-18-33(25-32)45-4)46(43,44)34-21-19-28(2)20-22-34/h7-22,25,35H,5-6,23-24,26-27H2,1-4H3,(H,38,42). The molecule has 1 unspecified atom stereocenters. The zero-order chi connectivity index (χ0) is 33.1. The summed E-state index contributed by atoms with van der Waals surface area (Å²) in [6.45, 7) is 5.95. The zero-order valence-corrected chi connectivity index (χ0v) is 27.8. The van der Waals surface area contributed by atoms with Gasteiger partial charge in [-0.1, -0.05) is 91.7 Å². The van der Waals surface area contributed by atoms with Crippen molar-refractivity contribution >= 4 is 27.5 Å². The molecular weight excluding hydrogens is 598 g/mol. The van der Waals surface area contributed by atoms with Gasteiger partial charge in [0.05, 0.1) is 17.7 Å². The molecule has 4 aromatic rings. The molecule has 0 radical (unpaired) electrons. The second-order valence-electron chi connectivity index (χ2n) is 11.3. The maximum Gasteiger partial charge on any atom is 0.264 e. The van der Waals surface area contributed by atoms with Crippen molar-refractivity contribution in [2.24, 2.45) is 0 Å². The van der Waals surface area contributed by atoms with Crippen LogP contribution in [0.1, 0.15) is 42.0 Å². The van der Waals surface area contributed by atoms with E-state index in [0.717, 1.165) is 39.4 Å². The molecule has 0 heterocycles. The predicted octanol–water partition coefficient (Wildman–Crippen LogP) is 6.06. The Morgan fingerprint density at radius 1 is 0.870 bits per heavy atom. The Kier molecular flexibility index (Phi) is 12.0. The van der Waals surface area contributed by atoms with E-state index in [-0.39, 0.29) is 29.5 Å². The highest BCUT2D eigenvalue weighted by molar-refractivity contribution is 7.92. The SMILES string of the molecule is CCCCNC(=O)C(Cc1ccccc1)N(Cc1ccccc1C)C(=O)CN(c1cccc(OC)c1)S(=O)(=O)c1ccc(C)cc1. The first-order valence-electron chi connectivity index (χ1n) is 15.5. The topological polar surface area (TPSA) is 96.0 Å². The summed E-state index contributed by atoms with van der Waals surface area (Å²) in [6.07, 6.45) is 1.97. The van der Waals surface area contributed by atoms with Crippen molar-refractivity contribution in [1.82, 2.24) is 10.2 Å². The number of hydrogen-bond acceptors (Lipinski definition) is 5. The van der Waals surface area contributed by atoms with Gasteiger partial charge in [0, 0.05) is 25.6 Å². The molecule has 0 aliphatic carbocycles. The minimum atomic E-state index is -4.20. The van der Waals surface area contributed by atoms with Crippen LogP contribution in [0.2, 0.25) is 0 Å². The van der Waals surface area contributed by atoms with Crippen LogP contribution >= 0.6 is 0 Å². The van der Waals surface area contributed by atoms with Crippen LogP contribution in [0.25, 0.3) is 0 Å². The van der Waals surface area contributed by atoms with Crippen molar-refractivity contribution in [3.05, 3.63) is 125 Å². The van der Waals surface area contributed by atoms with Gasteiger partial charge in [-0.15, -0.1) is 0 Å². The molecule has 1 atom stereocenters. The first-order valence-corrected chi connectivity index (χ1v) is 17.0. The number of unbranched alkanes of at least 4 members (excludes halogenated alkanes) is 1. The number of nitrogens with one attached hydrogen (secondary N) is 1. The van der Waals surface area contributed by atoms with Gasteiger partial charge in [0.2, 0.25) is 11.8 Å². The fraction of sp³-hybridized carbons (Fsp3) is 0.297. The summed E-state index contributed by atoms with van der Waals surface area (Å²) in [5, 5.41) is 3.02. The van der Waals surface area contributed by atoms with Crippen molar-refractivity contribution < 1.29 is 22.7 Å². The number of benzene rings is 4. The molecule has 0 fully saturated rings. The highest BCUT2D eigenvalue weighted by Gasteiger charge is 2.35. The van der Waals surface area contributed by atoms with E-state index >= 15 is 0 Å². The monoisotopic (exact) mass is 641 g/mol. The highest BCUT2D eigenvalue weighted by Crippen LogP contribution is 2.28. The molecule has 0 saturated heterocycles. The first kappa shape index (κ1) is 34.2. The minimum Gasteiger partial charge on any atom is -0.497 e. The maximum absolute atomic E-state index is 14.6. The van der Waals surface area contributed by atoms with E-state index in [4.69, 9.17) is 4.74 Å². The third kappa shape index (κ3) is 8.75. The van der Waals surface area contributed by atoms with E-state index in [1.807, 2.05) is 75.4 Å². The van der Waals surface area contributed by atoms with Crippen LogP contribution in [0.4, 0.5) is 5.69 Å². The van der Waals surface area contributed by atoms with Crippen molar-refractivity contribution in [3.63, 3.8) is 0 Å².